The van der Waals surface area contributed by atoms with Gasteiger partial charge in [0.05, 0.1) is 13.2 Å². The molecule has 1 aromatic rings. The Balaban J connectivity index is 0.00000512. The van der Waals surface area contributed by atoms with Crippen LogP contribution >= 0.6 is 24.0 Å². The molecular weight excluding hydrogens is 519 g/mol. The van der Waals surface area contributed by atoms with E-state index in [0.29, 0.717) is 6.61 Å². The molecule has 0 saturated carbocycles. The number of rotatable bonds is 13. The second-order valence-electron chi connectivity index (χ2n) is 8.12. The van der Waals surface area contributed by atoms with Gasteiger partial charge in [-0.3, -0.25) is 4.99 Å². The Hall–Kier alpha value is -1.10. The van der Waals surface area contributed by atoms with Gasteiger partial charge in [0.2, 0.25) is 0 Å². The molecule has 1 saturated heterocycles. The van der Waals surface area contributed by atoms with E-state index < -0.39 is 0 Å². The number of nitrogens with one attached hydrogen (secondary N) is 2. The van der Waals surface area contributed by atoms with Crippen molar-refractivity contribution in [2.75, 3.05) is 73.3 Å². The van der Waals surface area contributed by atoms with Crippen molar-refractivity contribution >= 4 is 29.9 Å². The van der Waals surface area contributed by atoms with Gasteiger partial charge in [0.25, 0.3) is 0 Å². The molecule has 7 nitrogen and oxygen atoms in total. The summed E-state index contributed by atoms with van der Waals surface area (Å²) in [5.41, 5.74) is 1.32. The Morgan fingerprint density at radius 2 is 1.84 bits per heavy atom. The van der Waals surface area contributed by atoms with E-state index in [0.717, 1.165) is 83.5 Å². The van der Waals surface area contributed by atoms with E-state index in [1.54, 1.807) is 7.11 Å². The normalized spacial score (nSPS) is 15.8. The Kier molecular flexibility index (Phi) is 14.9. The first-order valence-electron chi connectivity index (χ1n) is 11.6. The van der Waals surface area contributed by atoms with Gasteiger partial charge in [-0.1, -0.05) is 12.1 Å². The van der Waals surface area contributed by atoms with Crippen LogP contribution in [0.3, 0.4) is 0 Å². The molecule has 8 heteroatoms. The Morgan fingerprint density at radius 1 is 1.12 bits per heavy atom. The Labute approximate surface area is 211 Å². The highest BCUT2D eigenvalue weighted by Gasteiger charge is 2.34. The van der Waals surface area contributed by atoms with Crippen LogP contribution in [0.15, 0.2) is 29.3 Å². The van der Waals surface area contributed by atoms with Crippen molar-refractivity contribution < 1.29 is 14.2 Å². The number of likely N-dealkylation sites (N-methyl/N-ethyl adjacent to an activating group) is 1. The van der Waals surface area contributed by atoms with E-state index in [4.69, 9.17) is 19.2 Å². The van der Waals surface area contributed by atoms with Gasteiger partial charge < -0.3 is 29.7 Å². The summed E-state index contributed by atoms with van der Waals surface area (Å²) in [6, 6.07) is 8.54. The number of methoxy groups -OCH3 is 1. The SMILES string of the molecule is CCNC(=NCC1(c2ccc(OCC)cc2)CCOCC1)NCCN(C)CCCOC.I. The Bertz CT molecular complexity index is 637. The molecule has 1 heterocycles. The maximum atomic E-state index is 5.68. The van der Waals surface area contributed by atoms with Crippen molar-refractivity contribution in [2.45, 2.75) is 38.5 Å². The molecule has 2 rings (SSSR count). The summed E-state index contributed by atoms with van der Waals surface area (Å²) in [5.74, 6) is 1.80. The van der Waals surface area contributed by atoms with Gasteiger partial charge >= 0.3 is 0 Å². The number of aliphatic imine (C=N–C) groups is 1. The number of nitrogens with zero attached hydrogens (tertiary/aromatic N) is 2. The largest absolute Gasteiger partial charge is 0.494 e. The fourth-order valence-electron chi connectivity index (χ4n) is 3.90. The third kappa shape index (κ3) is 9.80. The lowest BCUT2D eigenvalue weighted by molar-refractivity contribution is 0.0531. The van der Waals surface area contributed by atoms with Crippen LogP contribution < -0.4 is 15.4 Å². The van der Waals surface area contributed by atoms with E-state index in [-0.39, 0.29) is 29.4 Å². The topological polar surface area (TPSA) is 67.4 Å². The molecule has 1 aliphatic heterocycles. The number of guanidine groups is 1. The standard InChI is InChI=1S/C24H42N4O3.HI/c1-5-25-23(26-14-16-28(3)15-7-17-29-4)27-20-24(12-18-30-19-13-24)21-8-10-22(11-9-21)31-6-2;/h8-11H,5-7,12-20H2,1-4H3,(H2,25,26,27);1H. The lowest BCUT2D eigenvalue weighted by Gasteiger charge is -2.36. The number of benzene rings is 1. The van der Waals surface area contributed by atoms with Crippen LogP contribution in [0.5, 0.6) is 5.75 Å². The van der Waals surface area contributed by atoms with Crippen molar-refractivity contribution in [3.63, 3.8) is 0 Å². The van der Waals surface area contributed by atoms with Crippen LogP contribution in [0.2, 0.25) is 0 Å². The van der Waals surface area contributed by atoms with Crippen LogP contribution in [0.4, 0.5) is 0 Å². The Morgan fingerprint density at radius 3 is 2.47 bits per heavy atom. The zero-order valence-corrected chi connectivity index (χ0v) is 22.7. The highest BCUT2D eigenvalue weighted by Crippen LogP contribution is 2.36. The highest BCUT2D eigenvalue weighted by molar-refractivity contribution is 14.0. The molecule has 0 aromatic heterocycles. The van der Waals surface area contributed by atoms with Gasteiger partial charge in [-0.25, -0.2) is 0 Å². The molecule has 1 aromatic carbocycles. The van der Waals surface area contributed by atoms with Crippen molar-refractivity contribution in [3.8, 4) is 5.75 Å². The molecule has 0 aliphatic carbocycles. The molecule has 1 aliphatic rings. The molecule has 0 radical (unpaired) electrons. The third-order valence-corrected chi connectivity index (χ3v) is 5.79. The van der Waals surface area contributed by atoms with Gasteiger partial charge in [0.1, 0.15) is 5.75 Å². The molecule has 32 heavy (non-hydrogen) atoms. The number of hydrogen-bond donors (Lipinski definition) is 2. The van der Waals surface area contributed by atoms with Gasteiger partial charge in [-0.2, -0.15) is 0 Å². The average molecular weight is 563 g/mol. The lowest BCUT2D eigenvalue weighted by atomic mass is 9.74. The average Bonchev–Trinajstić information content (AvgIpc) is 2.79. The molecule has 0 amide bonds. The first-order chi connectivity index (χ1) is 15.1. The number of ether oxygens (including phenoxy) is 3. The molecule has 0 atom stereocenters. The molecule has 1 fully saturated rings. The molecule has 0 bridgehead atoms. The zero-order valence-electron chi connectivity index (χ0n) is 20.3. The highest BCUT2D eigenvalue weighted by atomic mass is 127. The van der Waals surface area contributed by atoms with Gasteiger partial charge in [0, 0.05) is 58.5 Å². The molecule has 184 valence electrons. The first-order valence-corrected chi connectivity index (χ1v) is 11.6. The fourth-order valence-corrected chi connectivity index (χ4v) is 3.90. The van der Waals surface area contributed by atoms with E-state index in [1.165, 1.54) is 5.56 Å². The summed E-state index contributed by atoms with van der Waals surface area (Å²) in [6.45, 7) is 11.6. The van der Waals surface area contributed by atoms with Crippen molar-refractivity contribution in [3.05, 3.63) is 29.8 Å². The van der Waals surface area contributed by atoms with E-state index in [2.05, 4.69) is 53.8 Å². The van der Waals surface area contributed by atoms with Gasteiger partial charge in [-0.15, -0.1) is 24.0 Å². The maximum Gasteiger partial charge on any atom is 0.191 e. The molecule has 2 N–H and O–H groups in total. The summed E-state index contributed by atoms with van der Waals surface area (Å²) in [4.78, 5) is 7.30. The molecule has 0 unspecified atom stereocenters. The quantitative estimate of drug-likeness (QED) is 0.167. The summed E-state index contributed by atoms with van der Waals surface area (Å²) >= 11 is 0. The summed E-state index contributed by atoms with van der Waals surface area (Å²) in [7, 11) is 3.89. The minimum absolute atomic E-state index is 0. The molecule has 0 spiro atoms. The number of halogens is 1. The lowest BCUT2D eigenvalue weighted by Crippen LogP contribution is -2.43. The summed E-state index contributed by atoms with van der Waals surface area (Å²) < 4.78 is 16.4. The summed E-state index contributed by atoms with van der Waals surface area (Å²) in [6.07, 6.45) is 3.01. The number of hydrogen-bond acceptors (Lipinski definition) is 5. The minimum atomic E-state index is 0. The smallest absolute Gasteiger partial charge is 0.191 e. The van der Waals surface area contributed by atoms with Gasteiger partial charge in [-0.05, 0) is 57.9 Å². The van der Waals surface area contributed by atoms with Crippen LogP contribution in [0, 0.1) is 0 Å². The van der Waals surface area contributed by atoms with E-state index >= 15 is 0 Å². The monoisotopic (exact) mass is 562 g/mol. The zero-order chi connectivity index (χ0) is 22.4. The van der Waals surface area contributed by atoms with Crippen LogP contribution in [-0.4, -0.2) is 84.2 Å². The predicted octanol–water partition coefficient (Wildman–Crippen LogP) is 3.27. The van der Waals surface area contributed by atoms with Crippen molar-refractivity contribution in [1.29, 1.82) is 0 Å². The van der Waals surface area contributed by atoms with Crippen molar-refractivity contribution in [1.82, 2.24) is 15.5 Å². The van der Waals surface area contributed by atoms with E-state index in [1.807, 2.05) is 6.92 Å². The summed E-state index contributed by atoms with van der Waals surface area (Å²) in [5, 5.41) is 6.88. The maximum absolute atomic E-state index is 5.68. The first kappa shape index (κ1) is 28.9. The fraction of sp³-hybridized carbons (Fsp3) is 0.708. The van der Waals surface area contributed by atoms with Crippen LogP contribution in [0.25, 0.3) is 0 Å². The predicted molar refractivity (Wildman–Crippen MR) is 143 cm³/mol. The molecular formula is C24H43IN4O3. The van der Waals surface area contributed by atoms with Crippen LogP contribution in [-0.2, 0) is 14.9 Å². The van der Waals surface area contributed by atoms with E-state index in [9.17, 15) is 0 Å². The second-order valence-corrected chi connectivity index (χ2v) is 8.12. The minimum Gasteiger partial charge on any atom is -0.494 e. The second kappa shape index (κ2) is 16.5. The van der Waals surface area contributed by atoms with Crippen LogP contribution in [0.1, 0.15) is 38.7 Å². The van der Waals surface area contributed by atoms with Gasteiger partial charge in [0.15, 0.2) is 5.96 Å². The van der Waals surface area contributed by atoms with Crippen molar-refractivity contribution in [2.24, 2.45) is 4.99 Å². The third-order valence-electron chi connectivity index (χ3n) is 5.79.